The Balaban J connectivity index is 1.81. The Morgan fingerprint density at radius 1 is 0.950 bits per heavy atom. The molecule has 1 aromatic rings. The van der Waals surface area contributed by atoms with E-state index in [1.165, 1.54) is 38.5 Å². The van der Waals surface area contributed by atoms with E-state index in [1.54, 1.807) is 0 Å². The third-order valence-corrected chi connectivity index (χ3v) is 4.17. The van der Waals surface area contributed by atoms with Gasteiger partial charge in [-0.3, -0.25) is 0 Å². The summed E-state index contributed by atoms with van der Waals surface area (Å²) < 4.78 is 5.37. The first kappa shape index (κ1) is 13.5. The van der Waals surface area contributed by atoms with Gasteiger partial charge in [0.15, 0.2) is 0 Å². The number of ether oxygens (including phenoxy) is 1. The quantitative estimate of drug-likeness (QED) is 0.830. The van der Waals surface area contributed by atoms with Crippen LogP contribution in [0.15, 0.2) is 0 Å². The van der Waals surface area contributed by atoms with Gasteiger partial charge in [0.1, 0.15) is 5.82 Å². The zero-order chi connectivity index (χ0) is 13.8. The summed E-state index contributed by atoms with van der Waals surface area (Å²) in [5.41, 5.74) is 5.89. The summed E-state index contributed by atoms with van der Waals surface area (Å²) in [7, 11) is 0. The van der Waals surface area contributed by atoms with Gasteiger partial charge in [-0.25, -0.2) is 0 Å². The molecule has 0 spiro atoms. The molecule has 0 atom stereocenters. The number of hydrogen-bond donors (Lipinski definition) is 1. The van der Waals surface area contributed by atoms with Crippen molar-refractivity contribution in [3.8, 4) is 0 Å². The lowest BCUT2D eigenvalue weighted by molar-refractivity contribution is 0.122. The second-order valence-corrected chi connectivity index (χ2v) is 5.64. The molecule has 1 aliphatic carbocycles. The van der Waals surface area contributed by atoms with Gasteiger partial charge in [-0.2, -0.15) is 15.0 Å². The van der Waals surface area contributed by atoms with Crippen molar-refractivity contribution in [1.82, 2.24) is 15.0 Å². The predicted octanol–water partition coefficient (Wildman–Crippen LogP) is 1.73. The molecule has 110 valence electrons. The third-order valence-electron chi connectivity index (χ3n) is 4.17. The third kappa shape index (κ3) is 3.17. The lowest BCUT2D eigenvalue weighted by atomic mass is 10.00. The van der Waals surface area contributed by atoms with Crippen LogP contribution in [0.4, 0.5) is 11.9 Å². The highest BCUT2D eigenvalue weighted by Crippen LogP contribution is 2.30. The van der Waals surface area contributed by atoms with Crippen LogP contribution < -0.4 is 10.6 Å². The van der Waals surface area contributed by atoms with E-state index in [0.717, 1.165) is 38.1 Å². The molecule has 0 radical (unpaired) electrons. The van der Waals surface area contributed by atoms with Crippen molar-refractivity contribution in [2.45, 2.75) is 44.4 Å². The Hall–Kier alpha value is -1.43. The number of aromatic nitrogens is 3. The summed E-state index contributed by atoms with van der Waals surface area (Å²) in [6.07, 6.45) is 7.53. The van der Waals surface area contributed by atoms with Crippen molar-refractivity contribution >= 4 is 11.9 Å². The Morgan fingerprint density at radius 2 is 1.65 bits per heavy atom. The van der Waals surface area contributed by atoms with E-state index in [0.29, 0.717) is 11.9 Å². The molecule has 6 heteroatoms. The monoisotopic (exact) mass is 277 g/mol. The Bertz CT molecular complexity index is 439. The fourth-order valence-corrected chi connectivity index (χ4v) is 3.02. The molecule has 3 rings (SSSR count). The van der Waals surface area contributed by atoms with Gasteiger partial charge < -0.3 is 15.4 Å². The van der Waals surface area contributed by atoms with Gasteiger partial charge in [-0.1, -0.05) is 25.7 Å². The largest absolute Gasteiger partial charge is 0.378 e. The highest BCUT2D eigenvalue weighted by Gasteiger charge is 2.21. The van der Waals surface area contributed by atoms with Crippen LogP contribution in [0.1, 0.15) is 50.3 Å². The Labute approximate surface area is 119 Å². The normalized spacial score (nSPS) is 21.7. The van der Waals surface area contributed by atoms with Gasteiger partial charge in [0, 0.05) is 19.0 Å². The number of morpholine rings is 1. The number of hydrogen-bond acceptors (Lipinski definition) is 6. The van der Waals surface area contributed by atoms with Crippen molar-refractivity contribution in [2.24, 2.45) is 0 Å². The second-order valence-electron chi connectivity index (χ2n) is 5.64. The van der Waals surface area contributed by atoms with E-state index in [1.807, 2.05) is 0 Å². The fourth-order valence-electron chi connectivity index (χ4n) is 3.02. The van der Waals surface area contributed by atoms with E-state index >= 15 is 0 Å². The zero-order valence-electron chi connectivity index (χ0n) is 11.9. The molecule has 1 saturated heterocycles. The van der Waals surface area contributed by atoms with Gasteiger partial charge in [-0.15, -0.1) is 0 Å². The molecule has 2 heterocycles. The molecule has 1 saturated carbocycles. The molecule has 2 aliphatic rings. The summed E-state index contributed by atoms with van der Waals surface area (Å²) >= 11 is 0. The van der Waals surface area contributed by atoms with Crippen LogP contribution in [-0.4, -0.2) is 41.3 Å². The predicted molar refractivity (Wildman–Crippen MR) is 77.7 cm³/mol. The van der Waals surface area contributed by atoms with Crippen LogP contribution in [0, 0.1) is 0 Å². The summed E-state index contributed by atoms with van der Waals surface area (Å²) in [4.78, 5) is 15.5. The molecule has 1 aromatic heterocycles. The summed E-state index contributed by atoms with van der Waals surface area (Å²) in [6.45, 7) is 3.11. The lowest BCUT2D eigenvalue weighted by Gasteiger charge is -2.27. The number of anilines is 2. The number of nitrogens with two attached hydrogens (primary N) is 1. The zero-order valence-corrected chi connectivity index (χ0v) is 11.9. The van der Waals surface area contributed by atoms with Gasteiger partial charge in [0.25, 0.3) is 0 Å². The first-order valence-electron chi connectivity index (χ1n) is 7.67. The SMILES string of the molecule is Nc1nc(C2CCCCCC2)nc(N2CCOCC2)n1. The molecule has 1 aliphatic heterocycles. The van der Waals surface area contributed by atoms with Crippen LogP contribution >= 0.6 is 0 Å². The van der Waals surface area contributed by atoms with E-state index in [-0.39, 0.29) is 0 Å². The van der Waals surface area contributed by atoms with E-state index in [4.69, 9.17) is 15.5 Å². The molecule has 0 bridgehead atoms. The van der Waals surface area contributed by atoms with Crippen LogP contribution in [-0.2, 0) is 4.74 Å². The summed E-state index contributed by atoms with van der Waals surface area (Å²) in [5.74, 6) is 2.41. The molecular weight excluding hydrogens is 254 g/mol. The van der Waals surface area contributed by atoms with E-state index in [9.17, 15) is 0 Å². The Kier molecular flexibility index (Phi) is 4.30. The molecule has 2 fully saturated rings. The summed E-state index contributed by atoms with van der Waals surface area (Å²) in [5, 5.41) is 0. The van der Waals surface area contributed by atoms with E-state index < -0.39 is 0 Å². The topological polar surface area (TPSA) is 77.2 Å². The lowest BCUT2D eigenvalue weighted by Crippen LogP contribution is -2.37. The van der Waals surface area contributed by atoms with Gasteiger partial charge in [0.2, 0.25) is 11.9 Å². The minimum atomic E-state index is 0.348. The Morgan fingerprint density at radius 3 is 2.35 bits per heavy atom. The maximum absolute atomic E-state index is 5.89. The van der Waals surface area contributed by atoms with Gasteiger partial charge in [0.05, 0.1) is 13.2 Å². The fraction of sp³-hybridized carbons (Fsp3) is 0.786. The molecule has 0 aromatic carbocycles. The van der Waals surface area contributed by atoms with Crippen LogP contribution in [0.25, 0.3) is 0 Å². The van der Waals surface area contributed by atoms with Crippen molar-refractivity contribution < 1.29 is 4.74 Å². The van der Waals surface area contributed by atoms with Crippen molar-refractivity contribution in [2.75, 3.05) is 36.9 Å². The maximum Gasteiger partial charge on any atom is 0.230 e. The molecule has 2 N–H and O–H groups in total. The van der Waals surface area contributed by atoms with Crippen molar-refractivity contribution in [3.05, 3.63) is 5.82 Å². The smallest absolute Gasteiger partial charge is 0.230 e. The number of rotatable bonds is 2. The maximum atomic E-state index is 5.89. The number of nitrogen functional groups attached to an aromatic ring is 1. The van der Waals surface area contributed by atoms with Crippen LogP contribution in [0.3, 0.4) is 0 Å². The molecule has 6 nitrogen and oxygen atoms in total. The average Bonchev–Trinajstić information content (AvgIpc) is 2.77. The van der Waals surface area contributed by atoms with Crippen LogP contribution in [0.5, 0.6) is 0 Å². The second kappa shape index (κ2) is 6.35. The minimum Gasteiger partial charge on any atom is -0.378 e. The molecular formula is C14H23N5O. The van der Waals surface area contributed by atoms with Crippen molar-refractivity contribution in [3.63, 3.8) is 0 Å². The molecule has 0 unspecified atom stereocenters. The van der Waals surface area contributed by atoms with Gasteiger partial charge >= 0.3 is 0 Å². The van der Waals surface area contributed by atoms with Crippen molar-refractivity contribution in [1.29, 1.82) is 0 Å². The minimum absolute atomic E-state index is 0.348. The number of nitrogens with zero attached hydrogens (tertiary/aromatic N) is 4. The van der Waals surface area contributed by atoms with Gasteiger partial charge in [-0.05, 0) is 12.8 Å². The van der Waals surface area contributed by atoms with E-state index in [2.05, 4.69) is 14.9 Å². The first-order valence-corrected chi connectivity index (χ1v) is 7.67. The average molecular weight is 277 g/mol. The van der Waals surface area contributed by atoms with Crippen LogP contribution in [0.2, 0.25) is 0 Å². The first-order chi connectivity index (χ1) is 9.83. The molecule has 20 heavy (non-hydrogen) atoms. The molecule has 0 amide bonds. The standard InChI is InChI=1S/C14H23N5O/c15-13-16-12(11-5-3-1-2-4-6-11)17-14(18-13)19-7-9-20-10-8-19/h11H,1-10H2,(H2,15,16,17,18). The summed E-state index contributed by atoms with van der Waals surface area (Å²) in [6, 6.07) is 0. The highest BCUT2D eigenvalue weighted by atomic mass is 16.5. The highest BCUT2D eigenvalue weighted by molar-refractivity contribution is 5.35.